The molecule has 0 spiro atoms. The summed E-state index contributed by atoms with van der Waals surface area (Å²) in [7, 11) is 0. The number of ether oxygens (including phenoxy) is 1. The predicted octanol–water partition coefficient (Wildman–Crippen LogP) is 0.0323. The van der Waals surface area contributed by atoms with Crippen molar-refractivity contribution >= 4 is 77.3 Å². The maximum Gasteiger partial charge on any atom is 0.326 e. The zero-order valence-electron chi connectivity index (χ0n) is 45.1. The summed E-state index contributed by atoms with van der Waals surface area (Å²) in [6, 6.07) is 2.92. The number of benzene rings is 1. The number of nitrogens with one attached hydrogen (secondary N) is 5. The Hall–Kier alpha value is -6.31. The van der Waals surface area contributed by atoms with Gasteiger partial charge in [0, 0.05) is 133 Å². The number of carbonyl (C=O) groups excluding carboxylic acids is 2. The topological polar surface area (TPSA) is 419 Å². The Labute approximate surface area is 497 Å². The van der Waals surface area contributed by atoms with E-state index < -0.39 is 72.4 Å². The number of carbonyl (C=O) groups is 9. The molecule has 2 aromatic rings. The Morgan fingerprint density at radius 3 is 1.68 bits per heavy atom. The molecule has 1 aromatic heterocycles. The third-order valence-electron chi connectivity index (χ3n) is 13.1. The average Bonchev–Trinajstić information content (AvgIpc) is 3.41. The van der Waals surface area contributed by atoms with Crippen molar-refractivity contribution in [2.75, 3.05) is 127 Å². The second-order valence-electron chi connectivity index (χ2n) is 19.5. The number of urea groups is 1. The minimum Gasteiger partial charge on any atom is -0.481 e. The molecule has 0 saturated carbocycles. The number of rotatable bonds is 34. The van der Waals surface area contributed by atoms with Gasteiger partial charge in [0.25, 0.3) is 0 Å². The van der Waals surface area contributed by atoms with Crippen molar-refractivity contribution in [2.24, 2.45) is 0 Å². The maximum absolute atomic E-state index is 12.4. The minimum atomic E-state index is -1.51. The fourth-order valence-corrected chi connectivity index (χ4v) is 8.96. The molecule has 81 heavy (non-hydrogen) atoms. The van der Waals surface area contributed by atoms with Crippen molar-refractivity contribution in [3.63, 3.8) is 0 Å². The van der Waals surface area contributed by atoms with Crippen LogP contribution >= 0.6 is 0 Å². The summed E-state index contributed by atoms with van der Waals surface area (Å²) in [6.07, 6.45) is 4.51. The summed E-state index contributed by atoms with van der Waals surface area (Å²) >= 11 is 0. The Bertz CT molecular complexity index is 2350. The van der Waals surface area contributed by atoms with Gasteiger partial charge in [-0.05, 0) is 62.6 Å². The van der Waals surface area contributed by atoms with Gasteiger partial charge >= 0.3 is 47.8 Å². The van der Waals surface area contributed by atoms with Crippen molar-refractivity contribution in [3.8, 4) is 0 Å². The monoisotopic (exact) mass is 1310 g/mol. The number of hydrogen-bond donors (Lipinski definition) is 12. The molecular formula is C50H77LuN13O17. The first-order chi connectivity index (χ1) is 38.2. The van der Waals surface area contributed by atoms with E-state index in [1.807, 2.05) is 29.2 Å². The van der Waals surface area contributed by atoms with Crippen molar-refractivity contribution in [1.82, 2.24) is 50.5 Å². The Morgan fingerprint density at radius 1 is 0.556 bits per heavy atom. The van der Waals surface area contributed by atoms with Gasteiger partial charge in [-0.25, -0.2) is 14.4 Å². The number of aromatic nitrogens is 3. The zero-order chi connectivity index (χ0) is 58.4. The number of anilines is 4. The molecule has 0 bridgehead atoms. The Morgan fingerprint density at radius 2 is 1.09 bits per heavy atom. The summed E-state index contributed by atoms with van der Waals surface area (Å²) in [5.41, 5.74) is 1.44. The van der Waals surface area contributed by atoms with E-state index in [1.54, 1.807) is 19.6 Å². The molecular weight excluding hydrogens is 1230 g/mol. The number of nitrogens with zero attached hydrogens (tertiary/aromatic N) is 8. The summed E-state index contributed by atoms with van der Waals surface area (Å²) in [5, 5.41) is 80.2. The average molecular weight is 1310 g/mol. The summed E-state index contributed by atoms with van der Waals surface area (Å²) < 4.78 is 5.54. The standard InChI is InChI=1S/C50H77N13O17.Lu/c64-39(51-16-7-5-8-37(45(75)76)54-50(79)55-38(46(77)78)14-15-40(65)66)9-4-2-1-3-6-17-52-47-56-48(58-49(57-47)62-24-26-80-27-25-62)53-35-12-10-34(11-13-35)28-36-29-61(32-43(71)72)21-20-59(30-41(67)68)18-19-60(31-42(69)70)22-23-63(36)33-44(73)74;/h10-13,36-38H,1-9,14-33H2,(H,51,64)(H,65,66)(H,67,68)(H,69,70)(H,71,72)(H,73,74)(H,75,76)(H,77,78)(H2,54,55,79)(H2,52,53,56,57,58);/t36?,37-,38-;/m0./s1. The number of hydrogen-bond acceptors (Lipinski definition) is 20. The van der Waals surface area contributed by atoms with E-state index in [4.69, 9.17) is 14.8 Å². The summed E-state index contributed by atoms with van der Waals surface area (Å²) in [4.78, 5) is 129. The van der Waals surface area contributed by atoms with E-state index >= 15 is 0 Å². The van der Waals surface area contributed by atoms with Gasteiger partial charge in [-0.2, -0.15) is 15.0 Å². The molecule has 31 heteroatoms. The van der Waals surface area contributed by atoms with E-state index in [0.717, 1.165) is 31.2 Å². The maximum atomic E-state index is 12.4. The molecule has 2 aliphatic heterocycles. The minimum absolute atomic E-state index is 0. The van der Waals surface area contributed by atoms with E-state index in [-0.39, 0.29) is 134 Å². The second-order valence-corrected chi connectivity index (χ2v) is 19.5. The van der Waals surface area contributed by atoms with Crippen LogP contribution in [0.25, 0.3) is 0 Å². The van der Waals surface area contributed by atoms with Crippen LogP contribution in [0.3, 0.4) is 0 Å². The Balaban J connectivity index is 0.0000172. The molecule has 3 atom stereocenters. The van der Waals surface area contributed by atoms with Crippen molar-refractivity contribution in [1.29, 1.82) is 0 Å². The van der Waals surface area contributed by atoms with E-state index in [0.29, 0.717) is 89.1 Å². The van der Waals surface area contributed by atoms with Gasteiger partial charge in [-0.1, -0.05) is 31.4 Å². The molecule has 3 heterocycles. The smallest absolute Gasteiger partial charge is 0.326 e. The first-order valence-corrected chi connectivity index (χ1v) is 26.7. The number of morpholine rings is 1. The largest absolute Gasteiger partial charge is 0.481 e. The SMILES string of the molecule is O=C(O)CC[C@H](NC(=O)N[C@@H](CCCCNC(=O)CCCCCCCNc1nc(Nc2ccc(CC3CN(CC(=O)O)CCN(CC(=O)O)CCN(CC(=O)O)CCN3CC(=O)O)cc2)nc(N2CCOCC2)n1)C(=O)O)C(=O)O.[Lu]. The third kappa shape index (κ3) is 28.8. The van der Waals surface area contributed by atoms with E-state index in [1.165, 1.54) is 0 Å². The molecule has 3 amide bonds. The molecule has 0 aliphatic carbocycles. The second kappa shape index (κ2) is 37.7. The van der Waals surface area contributed by atoms with Crippen LogP contribution in [-0.4, -0.2) is 254 Å². The van der Waals surface area contributed by atoms with Crippen LogP contribution in [0.5, 0.6) is 0 Å². The van der Waals surface area contributed by atoms with Gasteiger partial charge in [0.15, 0.2) is 0 Å². The zero-order valence-corrected chi connectivity index (χ0v) is 46.8. The van der Waals surface area contributed by atoms with Crippen LogP contribution in [-0.2, 0) is 49.5 Å². The van der Waals surface area contributed by atoms with Gasteiger partial charge in [-0.15, -0.1) is 0 Å². The van der Waals surface area contributed by atoms with Crippen molar-refractivity contribution in [2.45, 2.75) is 95.2 Å². The fraction of sp³-hybridized carbons (Fsp3) is 0.640. The quantitative estimate of drug-likeness (QED) is 0.0411. The van der Waals surface area contributed by atoms with E-state index in [9.17, 15) is 73.8 Å². The van der Waals surface area contributed by atoms with Crippen LogP contribution < -0.4 is 31.5 Å². The predicted molar refractivity (Wildman–Crippen MR) is 286 cm³/mol. The molecule has 2 saturated heterocycles. The normalized spacial score (nSPS) is 16.7. The molecule has 2 aliphatic rings. The number of unbranched alkanes of at least 4 members (excludes halogenated alkanes) is 5. The molecule has 459 valence electrons. The van der Waals surface area contributed by atoms with Crippen LogP contribution in [0.15, 0.2) is 24.3 Å². The van der Waals surface area contributed by atoms with Gasteiger partial charge in [0.2, 0.25) is 23.8 Å². The molecule has 12 N–H and O–H groups in total. The van der Waals surface area contributed by atoms with Crippen LogP contribution in [0, 0.1) is 36.9 Å². The molecule has 1 aromatic carbocycles. The molecule has 30 nitrogen and oxygen atoms in total. The first-order valence-electron chi connectivity index (χ1n) is 26.7. The molecule has 2 fully saturated rings. The van der Waals surface area contributed by atoms with E-state index in [2.05, 4.69) is 36.6 Å². The van der Waals surface area contributed by atoms with Crippen LogP contribution in [0.4, 0.5) is 28.3 Å². The van der Waals surface area contributed by atoms with Gasteiger partial charge < -0.3 is 72.0 Å². The van der Waals surface area contributed by atoms with Gasteiger partial charge in [0.05, 0.1) is 39.4 Å². The molecule has 1 unspecified atom stereocenters. The number of amides is 3. The van der Waals surface area contributed by atoms with Gasteiger partial charge in [0.1, 0.15) is 12.1 Å². The Kier molecular flexibility index (Phi) is 32.1. The summed E-state index contributed by atoms with van der Waals surface area (Å²) in [5.74, 6) is -7.47. The third-order valence-corrected chi connectivity index (χ3v) is 13.1. The molecule has 4 rings (SSSR count). The number of carboxylic acids is 7. The fourth-order valence-electron chi connectivity index (χ4n) is 8.96. The molecule has 1 radical (unpaired) electrons. The van der Waals surface area contributed by atoms with Crippen LogP contribution in [0.1, 0.15) is 76.2 Å². The van der Waals surface area contributed by atoms with Gasteiger partial charge in [-0.3, -0.25) is 48.4 Å². The van der Waals surface area contributed by atoms with Crippen molar-refractivity contribution in [3.05, 3.63) is 29.8 Å². The number of carboxylic acid groups (broad SMARTS) is 7. The van der Waals surface area contributed by atoms with Crippen LogP contribution in [0.2, 0.25) is 0 Å². The number of aliphatic carboxylic acids is 7. The summed E-state index contributed by atoms with van der Waals surface area (Å²) in [6.45, 7) is 2.79. The van der Waals surface area contributed by atoms with Crippen molar-refractivity contribution < 1.29 is 121 Å². The first kappa shape index (κ1) is 69.0.